The van der Waals surface area contributed by atoms with Crippen molar-refractivity contribution < 1.29 is 19.1 Å². The highest BCUT2D eigenvalue weighted by Crippen LogP contribution is 2.29. The largest absolute Gasteiger partial charge is 0.490 e. The molecule has 1 saturated heterocycles. The maximum Gasteiger partial charge on any atom is 0.329 e. The van der Waals surface area contributed by atoms with Crippen molar-refractivity contribution >= 4 is 18.0 Å². The van der Waals surface area contributed by atoms with E-state index in [0.717, 1.165) is 4.90 Å². The molecule has 1 N–H and O–H groups in total. The zero-order chi connectivity index (χ0) is 17.5. The summed E-state index contributed by atoms with van der Waals surface area (Å²) in [5, 5.41) is 2.54. The number of hydrogen-bond acceptors (Lipinski definition) is 4. The van der Waals surface area contributed by atoms with Crippen LogP contribution in [0.3, 0.4) is 0 Å². The Balaban J connectivity index is 2.27. The molecule has 0 unspecified atom stereocenters. The van der Waals surface area contributed by atoms with Crippen LogP contribution in [0, 0.1) is 12.3 Å². The lowest BCUT2D eigenvalue weighted by Crippen LogP contribution is -2.30. The summed E-state index contributed by atoms with van der Waals surface area (Å²) in [5.41, 5.74) is 0.886. The standard InChI is InChI=1S/C18H18N2O4/c1-4-9-20-17(21)14(19-18(20)22)11-13-7-8-15(24-10-5-2)16(12-13)23-6-3/h2,4,7-8,11-12H,1,6,9-10H2,3H3,(H,19,22)/b14-11+. The van der Waals surface area contributed by atoms with Crippen LogP contribution in [0.25, 0.3) is 6.08 Å². The molecule has 1 aromatic carbocycles. The van der Waals surface area contributed by atoms with Gasteiger partial charge in [0.15, 0.2) is 11.5 Å². The maximum absolute atomic E-state index is 12.2. The quantitative estimate of drug-likeness (QED) is 0.361. The monoisotopic (exact) mass is 326 g/mol. The summed E-state index contributed by atoms with van der Waals surface area (Å²) in [6, 6.07) is 4.71. The van der Waals surface area contributed by atoms with Crippen LogP contribution in [0.15, 0.2) is 36.6 Å². The summed E-state index contributed by atoms with van der Waals surface area (Å²) < 4.78 is 10.9. The van der Waals surface area contributed by atoms with Crippen molar-refractivity contribution in [3.63, 3.8) is 0 Å². The Morgan fingerprint density at radius 2 is 2.12 bits per heavy atom. The van der Waals surface area contributed by atoms with Crippen molar-refractivity contribution in [3.05, 3.63) is 42.1 Å². The molecule has 0 aromatic heterocycles. The summed E-state index contributed by atoms with van der Waals surface area (Å²) in [7, 11) is 0. The van der Waals surface area contributed by atoms with Crippen molar-refractivity contribution in [2.45, 2.75) is 6.92 Å². The predicted octanol–water partition coefficient (Wildman–Crippen LogP) is 2.18. The Kier molecular flexibility index (Phi) is 5.63. The van der Waals surface area contributed by atoms with Crippen LogP contribution in [0.4, 0.5) is 4.79 Å². The number of imide groups is 1. The molecule has 0 atom stereocenters. The molecular weight excluding hydrogens is 308 g/mol. The van der Waals surface area contributed by atoms with Crippen LogP contribution in [0.1, 0.15) is 12.5 Å². The highest BCUT2D eigenvalue weighted by Gasteiger charge is 2.32. The summed E-state index contributed by atoms with van der Waals surface area (Å²) >= 11 is 0. The van der Waals surface area contributed by atoms with E-state index in [2.05, 4.69) is 17.8 Å². The molecular formula is C18H18N2O4. The van der Waals surface area contributed by atoms with Crippen LogP contribution in [-0.4, -0.2) is 36.6 Å². The molecule has 1 aliphatic rings. The minimum atomic E-state index is -0.467. The number of urea groups is 1. The molecule has 6 nitrogen and oxygen atoms in total. The van der Waals surface area contributed by atoms with Gasteiger partial charge in [-0.3, -0.25) is 9.69 Å². The van der Waals surface area contributed by atoms with Gasteiger partial charge in [0.1, 0.15) is 12.3 Å². The molecule has 0 saturated carbocycles. The molecule has 0 radical (unpaired) electrons. The summed E-state index contributed by atoms with van der Waals surface area (Å²) in [5.74, 6) is 3.03. The minimum absolute atomic E-state index is 0.131. The first-order valence-electron chi connectivity index (χ1n) is 7.39. The van der Waals surface area contributed by atoms with E-state index in [1.807, 2.05) is 6.92 Å². The molecule has 0 spiro atoms. The molecule has 0 bridgehead atoms. The van der Waals surface area contributed by atoms with Gasteiger partial charge in [0.05, 0.1) is 6.61 Å². The van der Waals surface area contributed by atoms with Crippen molar-refractivity contribution in [3.8, 4) is 23.8 Å². The summed E-state index contributed by atoms with van der Waals surface area (Å²) in [6.07, 6.45) is 8.26. The molecule has 124 valence electrons. The van der Waals surface area contributed by atoms with Gasteiger partial charge in [0, 0.05) is 6.54 Å². The SMILES string of the molecule is C#CCOc1ccc(/C=C2/NC(=O)N(CC=C)C2=O)cc1OCC. The third-order valence-corrected chi connectivity index (χ3v) is 3.16. The van der Waals surface area contributed by atoms with E-state index in [9.17, 15) is 9.59 Å². The van der Waals surface area contributed by atoms with Gasteiger partial charge < -0.3 is 14.8 Å². The zero-order valence-corrected chi connectivity index (χ0v) is 13.4. The number of rotatable bonds is 7. The van der Waals surface area contributed by atoms with E-state index in [4.69, 9.17) is 15.9 Å². The van der Waals surface area contributed by atoms with E-state index >= 15 is 0 Å². The lowest BCUT2D eigenvalue weighted by molar-refractivity contribution is -0.122. The van der Waals surface area contributed by atoms with Crippen LogP contribution in [-0.2, 0) is 4.79 Å². The molecule has 1 aromatic rings. The molecule has 2 rings (SSSR count). The summed E-state index contributed by atoms with van der Waals surface area (Å²) in [4.78, 5) is 25.0. The van der Waals surface area contributed by atoms with Crippen LogP contribution in [0.2, 0.25) is 0 Å². The lowest BCUT2D eigenvalue weighted by Gasteiger charge is -2.11. The number of terminal acetylenes is 1. The molecule has 6 heteroatoms. The fourth-order valence-corrected chi connectivity index (χ4v) is 2.15. The minimum Gasteiger partial charge on any atom is -0.490 e. The number of carbonyl (C=O) groups is 2. The van der Waals surface area contributed by atoms with E-state index < -0.39 is 11.9 Å². The first kappa shape index (κ1) is 17.2. The van der Waals surface area contributed by atoms with Gasteiger partial charge >= 0.3 is 6.03 Å². The Labute approximate surface area is 140 Å². The lowest BCUT2D eigenvalue weighted by atomic mass is 10.1. The Morgan fingerprint density at radius 1 is 1.33 bits per heavy atom. The second kappa shape index (κ2) is 7.88. The molecule has 1 heterocycles. The van der Waals surface area contributed by atoms with Gasteiger partial charge in [-0.15, -0.1) is 13.0 Å². The van der Waals surface area contributed by atoms with Gasteiger partial charge in [0.25, 0.3) is 5.91 Å². The Bertz CT molecular complexity index is 731. The number of ether oxygens (including phenoxy) is 2. The van der Waals surface area contributed by atoms with Gasteiger partial charge in [0.2, 0.25) is 0 Å². The van der Waals surface area contributed by atoms with Crippen LogP contribution >= 0.6 is 0 Å². The third-order valence-electron chi connectivity index (χ3n) is 3.16. The second-order valence-electron chi connectivity index (χ2n) is 4.82. The first-order chi connectivity index (χ1) is 11.6. The van der Waals surface area contributed by atoms with Gasteiger partial charge in [-0.25, -0.2) is 4.79 Å². The number of nitrogens with one attached hydrogen (secondary N) is 1. The van der Waals surface area contributed by atoms with Crippen molar-refractivity contribution in [2.75, 3.05) is 19.8 Å². The zero-order valence-electron chi connectivity index (χ0n) is 13.4. The molecule has 24 heavy (non-hydrogen) atoms. The van der Waals surface area contributed by atoms with Crippen LogP contribution in [0.5, 0.6) is 11.5 Å². The van der Waals surface area contributed by atoms with Crippen molar-refractivity contribution in [2.24, 2.45) is 0 Å². The molecule has 3 amide bonds. The van der Waals surface area contributed by atoms with E-state index in [1.165, 1.54) is 6.08 Å². The average Bonchev–Trinajstić information content (AvgIpc) is 2.82. The Hall–Kier alpha value is -3.20. The molecule has 1 aliphatic heterocycles. The highest BCUT2D eigenvalue weighted by molar-refractivity contribution is 6.14. The average molecular weight is 326 g/mol. The maximum atomic E-state index is 12.2. The first-order valence-corrected chi connectivity index (χ1v) is 7.39. The fourth-order valence-electron chi connectivity index (χ4n) is 2.15. The predicted molar refractivity (Wildman–Crippen MR) is 90.4 cm³/mol. The van der Waals surface area contributed by atoms with E-state index in [-0.39, 0.29) is 18.8 Å². The van der Waals surface area contributed by atoms with Crippen molar-refractivity contribution in [1.82, 2.24) is 10.2 Å². The van der Waals surface area contributed by atoms with E-state index in [0.29, 0.717) is 23.7 Å². The molecule has 0 aliphatic carbocycles. The van der Waals surface area contributed by atoms with Gasteiger partial charge in [-0.2, -0.15) is 0 Å². The number of amides is 3. The fraction of sp³-hybridized carbons (Fsp3) is 0.222. The second-order valence-corrected chi connectivity index (χ2v) is 4.82. The molecule has 1 fully saturated rings. The topological polar surface area (TPSA) is 67.9 Å². The third kappa shape index (κ3) is 3.76. The van der Waals surface area contributed by atoms with Gasteiger partial charge in [-0.1, -0.05) is 18.1 Å². The number of nitrogens with zero attached hydrogens (tertiary/aromatic N) is 1. The van der Waals surface area contributed by atoms with Crippen LogP contribution < -0.4 is 14.8 Å². The highest BCUT2D eigenvalue weighted by atomic mass is 16.5. The van der Waals surface area contributed by atoms with Gasteiger partial charge in [-0.05, 0) is 30.7 Å². The normalized spacial score (nSPS) is 15.2. The van der Waals surface area contributed by atoms with Crippen molar-refractivity contribution in [1.29, 1.82) is 0 Å². The smallest absolute Gasteiger partial charge is 0.329 e. The summed E-state index contributed by atoms with van der Waals surface area (Å²) in [6.45, 7) is 6.12. The number of carbonyl (C=O) groups excluding carboxylic acids is 2. The number of hydrogen-bond donors (Lipinski definition) is 1. The van der Waals surface area contributed by atoms with E-state index in [1.54, 1.807) is 24.3 Å². The Morgan fingerprint density at radius 3 is 2.79 bits per heavy atom. The number of benzene rings is 1.